The van der Waals surface area contributed by atoms with Crippen LogP contribution in [0.15, 0.2) is 42.5 Å². The van der Waals surface area contributed by atoms with Crippen molar-refractivity contribution in [1.29, 1.82) is 0 Å². The summed E-state index contributed by atoms with van der Waals surface area (Å²) in [5.41, 5.74) is 4.33. The Morgan fingerprint density at radius 1 is 0.958 bits per heavy atom. The highest BCUT2D eigenvalue weighted by Crippen LogP contribution is 2.45. The first kappa shape index (κ1) is 15.0. The van der Waals surface area contributed by atoms with Gasteiger partial charge >= 0.3 is 0 Å². The molecule has 4 rings (SSSR count). The van der Waals surface area contributed by atoms with Crippen LogP contribution in [0.4, 0.5) is 0 Å². The molecular formula is C21H21NO2. The van der Waals surface area contributed by atoms with Gasteiger partial charge in [-0.3, -0.25) is 4.79 Å². The van der Waals surface area contributed by atoms with Crippen LogP contribution in [0.3, 0.4) is 0 Å². The molecule has 0 amide bonds. The molecule has 1 N–H and O–H groups in total. The minimum Gasteiger partial charge on any atom is -0.507 e. The molecule has 0 aliphatic heterocycles. The van der Waals surface area contributed by atoms with Crippen LogP contribution >= 0.6 is 0 Å². The third-order valence-electron chi connectivity index (χ3n) is 4.96. The smallest absolute Gasteiger partial charge is 0.196 e. The summed E-state index contributed by atoms with van der Waals surface area (Å²) in [7, 11) is 0. The molecule has 0 bridgehead atoms. The van der Waals surface area contributed by atoms with Crippen molar-refractivity contribution in [2.45, 2.75) is 39.2 Å². The van der Waals surface area contributed by atoms with Gasteiger partial charge in [-0.25, -0.2) is 0 Å². The number of carbonyl (C=O) groups excluding carboxylic acids is 1. The van der Waals surface area contributed by atoms with Gasteiger partial charge in [0, 0.05) is 17.7 Å². The molecule has 0 saturated carbocycles. The van der Waals surface area contributed by atoms with E-state index in [1.165, 1.54) is 19.3 Å². The second kappa shape index (κ2) is 5.82. The molecule has 24 heavy (non-hydrogen) atoms. The molecule has 3 aromatic rings. The van der Waals surface area contributed by atoms with Crippen molar-refractivity contribution >= 4 is 16.7 Å². The first-order valence-electron chi connectivity index (χ1n) is 8.72. The van der Waals surface area contributed by atoms with E-state index in [0.29, 0.717) is 10.9 Å². The number of hydrogen-bond acceptors (Lipinski definition) is 2. The summed E-state index contributed by atoms with van der Waals surface area (Å²) < 4.78 is 2.23. The van der Waals surface area contributed by atoms with Crippen molar-refractivity contribution < 1.29 is 9.90 Å². The number of fused-ring (bicyclic) bond motifs is 5. The zero-order valence-corrected chi connectivity index (χ0v) is 13.9. The van der Waals surface area contributed by atoms with E-state index in [9.17, 15) is 9.90 Å². The number of aromatic nitrogens is 1. The van der Waals surface area contributed by atoms with Crippen molar-refractivity contribution in [3.05, 3.63) is 53.6 Å². The van der Waals surface area contributed by atoms with Gasteiger partial charge in [-0.1, -0.05) is 56.5 Å². The molecule has 1 aromatic heterocycles. The standard InChI is InChI=1S/C21H21NO2/c1-2-3-4-7-13-22-16-11-8-12-17(23)18(16)19-20(22)14-9-5-6-10-15(14)21(19)24/h5-6,8-12,23H,2-4,7,13H2,1H3. The fourth-order valence-electron chi connectivity index (χ4n) is 3.84. The van der Waals surface area contributed by atoms with Crippen LogP contribution in [0.2, 0.25) is 0 Å². The summed E-state index contributed by atoms with van der Waals surface area (Å²) in [4.78, 5) is 12.9. The van der Waals surface area contributed by atoms with Gasteiger partial charge in [0.1, 0.15) is 5.75 Å². The fraction of sp³-hybridized carbons (Fsp3) is 0.286. The second-order valence-corrected chi connectivity index (χ2v) is 6.48. The van der Waals surface area contributed by atoms with E-state index >= 15 is 0 Å². The monoisotopic (exact) mass is 319 g/mol. The third kappa shape index (κ3) is 2.08. The molecule has 0 atom stereocenters. The van der Waals surface area contributed by atoms with Gasteiger partial charge in [0.15, 0.2) is 5.78 Å². The average molecular weight is 319 g/mol. The topological polar surface area (TPSA) is 42.2 Å². The van der Waals surface area contributed by atoms with E-state index in [1.807, 2.05) is 36.4 Å². The highest BCUT2D eigenvalue weighted by atomic mass is 16.3. The van der Waals surface area contributed by atoms with Crippen molar-refractivity contribution in [1.82, 2.24) is 4.57 Å². The lowest BCUT2D eigenvalue weighted by Gasteiger charge is -2.11. The first-order valence-corrected chi connectivity index (χ1v) is 8.72. The van der Waals surface area contributed by atoms with Crippen molar-refractivity contribution in [2.75, 3.05) is 0 Å². The molecular weight excluding hydrogens is 298 g/mol. The van der Waals surface area contributed by atoms with Gasteiger partial charge in [0.05, 0.1) is 22.2 Å². The minimum absolute atomic E-state index is 0.0272. The van der Waals surface area contributed by atoms with Gasteiger partial charge < -0.3 is 9.67 Å². The van der Waals surface area contributed by atoms with Crippen LogP contribution in [0.1, 0.15) is 48.5 Å². The van der Waals surface area contributed by atoms with Crippen LogP contribution < -0.4 is 0 Å². The molecule has 1 aliphatic carbocycles. The lowest BCUT2D eigenvalue weighted by molar-refractivity contribution is 0.104. The van der Waals surface area contributed by atoms with E-state index in [4.69, 9.17) is 0 Å². The van der Waals surface area contributed by atoms with Crippen molar-refractivity contribution in [3.63, 3.8) is 0 Å². The SMILES string of the molecule is CCCCCCn1c2c(c3c(O)cccc31)C(=O)c1ccccc1-2. The van der Waals surface area contributed by atoms with E-state index in [1.54, 1.807) is 6.07 Å². The Morgan fingerprint density at radius 2 is 1.75 bits per heavy atom. The highest BCUT2D eigenvalue weighted by molar-refractivity contribution is 6.28. The van der Waals surface area contributed by atoms with Gasteiger partial charge in [0.2, 0.25) is 0 Å². The number of unbranched alkanes of at least 4 members (excludes halogenated alkanes) is 3. The van der Waals surface area contributed by atoms with Gasteiger partial charge in [-0.2, -0.15) is 0 Å². The summed E-state index contributed by atoms with van der Waals surface area (Å²) in [6, 6.07) is 13.3. The lowest BCUT2D eigenvalue weighted by Crippen LogP contribution is -2.00. The van der Waals surface area contributed by atoms with E-state index in [-0.39, 0.29) is 11.5 Å². The number of ketones is 1. The van der Waals surface area contributed by atoms with Crippen molar-refractivity contribution in [2.24, 2.45) is 0 Å². The number of nitrogens with zero attached hydrogens (tertiary/aromatic N) is 1. The molecule has 3 nitrogen and oxygen atoms in total. The Bertz CT molecular complexity index is 936. The van der Waals surface area contributed by atoms with E-state index in [0.717, 1.165) is 35.3 Å². The Labute approximate surface area is 141 Å². The number of aromatic hydroxyl groups is 1. The fourth-order valence-corrected chi connectivity index (χ4v) is 3.84. The zero-order chi connectivity index (χ0) is 16.7. The molecule has 0 radical (unpaired) electrons. The molecule has 0 spiro atoms. The Kier molecular flexibility index (Phi) is 3.64. The third-order valence-corrected chi connectivity index (χ3v) is 4.96. The van der Waals surface area contributed by atoms with E-state index < -0.39 is 0 Å². The van der Waals surface area contributed by atoms with Crippen LogP contribution in [-0.4, -0.2) is 15.5 Å². The van der Waals surface area contributed by atoms with E-state index in [2.05, 4.69) is 11.5 Å². The highest BCUT2D eigenvalue weighted by Gasteiger charge is 2.33. The largest absolute Gasteiger partial charge is 0.507 e. The van der Waals surface area contributed by atoms with Gasteiger partial charge in [0.25, 0.3) is 0 Å². The number of aryl methyl sites for hydroxylation is 1. The Hall–Kier alpha value is -2.55. The molecule has 0 saturated heterocycles. The summed E-state index contributed by atoms with van der Waals surface area (Å²) in [6.07, 6.45) is 4.68. The normalized spacial score (nSPS) is 12.6. The quantitative estimate of drug-likeness (QED) is 0.518. The molecule has 0 unspecified atom stereocenters. The van der Waals surface area contributed by atoms with Crippen LogP contribution in [0, 0.1) is 0 Å². The summed E-state index contributed by atoms with van der Waals surface area (Å²) in [6.45, 7) is 3.08. The Morgan fingerprint density at radius 3 is 2.54 bits per heavy atom. The Balaban J connectivity index is 1.93. The maximum atomic E-state index is 12.9. The molecule has 1 aliphatic rings. The molecule has 0 fully saturated rings. The number of phenolic OH excluding ortho intramolecular Hbond substituents is 1. The van der Waals surface area contributed by atoms with Crippen LogP contribution in [-0.2, 0) is 6.54 Å². The summed E-state index contributed by atoms with van der Waals surface area (Å²) in [5, 5.41) is 11.1. The molecule has 3 heteroatoms. The van der Waals surface area contributed by atoms with Crippen LogP contribution in [0.5, 0.6) is 5.75 Å². The number of carbonyl (C=O) groups is 1. The minimum atomic E-state index is 0.0272. The number of phenols is 1. The first-order chi connectivity index (χ1) is 11.7. The predicted octanol–water partition coefficient (Wildman–Crippen LogP) is 5.14. The predicted molar refractivity (Wildman–Crippen MR) is 96.6 cm³/mol. The van der Waals surface area contributed by atoms with Crippen LogP contribution in [0.25, 0.3) is 22.2 Å². The summed E-state index contributed by atoms with van der Waals surface area (Å²) >= 11 is 0. The number of rotatable bonds is 5. The zero-order valence-electron chi connectivity index (χ0n) is 13.9. The number of hydrogen-bond donors (Lipinski definition) is 1. The number of benzene rings is 2. The maximum absolute atomic E-state index is 12.9. The summed E-state index contributed by atoms with van der Waals surface area (Å²) in [5.74, 6) is 0.219. The lowest BCUT2D eigenvalue weighted by atomic mass is 10.1. The molecule has 122 valence electrons. The van der Waals surface area contributed by atoms with Gasteiger partial charge in [-0.15, -0.1) is 0 Å². The average Bonchev–Trinajstić information content (AvgIpc) is 3.07. The molecule has 2 aromatic carbocycles. The maximum Gasteiger partial charge on any atom is 0.196 e. The van der Waals surface area contributed by atoms with Gasteiger partial charge in [-0.05, 0) is 18.6 Å². The second-order valence-electron chi connectivity index (χ2n) is 6.48. The molecule has 1 heterocycles. The van der Waals surface area contributed by atoms with Crippen molar-refractivity contribution in [3.8, 4) is 17.0 Å².